The smallest absolute Gasteiger partial charge is 0.143 e. The SMILES string of the molecule is N/C(Cc1ccc2cnnn2c1)=N\O. The van der Waals surface area contributed by atoms with Crippen LogP contribution in [-0.4, -0.2) is 25.9 Å². The highest BCUT2D eigenvalue weighted by atomic mass is 16.4. The van der Waals surface area contributed by atoms with Crippen LogP contribution in [0.25, 0.3) is 5.52 Å². The van der Waals surface area contributed by atoms with Crippen molar-refractivity contribution < 1.29 is 5.21 Å². The number of nitrogens with zero attached hydrogens (tertiary/aromatic N) is 4. The fraction of sp³-hybridized carbons (Fsp3) is 0.125. The van der Waals surface area contributed by atoms with Gasteiger partial charge in [0, 0.05) is 12.6 Å². The zero-order valence-corrected chi connectivity index (χ0v) is 7.33. The Kier molecular flexibility index (Phi) is 2.02. The van der Waals surface area contributed by atoms with Gasteiger partial charge < -0.3 is 10.9 Å². The summed E-state index contributed by atoms with van der Waals surface area (Å²) in [6, 6.07) is 3.76. The Morgan fingerprint density at radius 1 is 1.57 bits per heavy atom. The molecule has 2 aromatic rings. The lowest BCUT2D eigenvalue weighted by Gasteiger charge is -1.99. The highest BCUT2D eigenvalue weighted by Gasteiger charge is 2.00. The second-order valence-corrected chi connectivity index (χ2v) is 2.91. The van der Waals surface area contributed by atoms with Gasteiger partial charge in [0.1, 0.15) is 5.84 Å². The molecule has 2 rings (SSSR count). The predicted molar refractivity (Wildman–Crippen MR) is 50.1 cm³/mol. The summed E-state index contributed by atoms with van der Waals surface area (Å²) in [4.78, 5) is 0. The van der Waals surface area contributed by atoms with Crippen molar-refractivity contribution in [2.24, 2.45) is 10.9 Å². The van der Waals surface area contributed by atoms with Crippen molar-refractivity contribution in [2.75, 3.05) is 0 Å². The van der Waals surface area contributed by atoms with Crippen LogP contribution in [0.3, 0.4) is 0 Å². The van der Waals surface area contributed by atoms with Gasteiger partial charge in [0.05, 0.1) is 11.7 Å². The Hall–Kier alpha value is -2.11. The van der Waals surface area contributed by atoms with Gasteiger partial charge in [0.25, 0.3) is 0 Å². The fourth-order valence-corrected chi connectivity index (χ4v) is 1.21. The molecule has 0 aromatic carbocycles. The molecule has 0 radical (unpaired) electrons. The molecule has 0 aliphatic carbocycles. The third-order valence-electron chi connectivity index (χ3n) is 1.87. The van der Waals surface area contributed by atoms with E-state index in [1.54, 1.807) is 16.9 Å². The van der Waals surface area contributed by atoms with Gasteiger partial charge in [0.15, 0.2) is 0 Å². The first-order chi connectivity index (χ1) is 6.79. The molecule has 6 nitrogen and oxygen atoms in total. The summed E-state index contributed by atoms with van der Waals surface area (Å²) >= 11 is 0. The van der Waals surface area contributed by atoms with Crippen molar-refractivity contribution in [1.29, 1.82) is 0 Å². The van der Waals surface area contributed by atoms with Gasteiger partial charge in [-0.2, -0.15) is 0 Å². The first kappa shape index (κ1) is 8.49. The van der Waals surface area contributed by atoms with E-state index in [9.17, 15) is 0 Å². The lowest BCUT2D eigenvalue weighted by Crippen LogP contribution is -2.14. The lowest BCUT2D eigenvalue weighted by molar-refractivity contribution is 0.317. The standard InChI is InChI=1S/C8H9N5O/c9-8(11-14)3-6-1-2-7-4-10-12-13(7)5-6/h1-2,4-5,14H,3H2,(H2,9,11). The number of oxime groups is 1. The topological polar surface area (TPSA) is 88.8 Å². The molecule has 0 aliphatic rings. The van der Waals surface area contributed by atoms with Crippen LogP contribution in [0.1, 0.15) is 5.56 Å². The number of hydrogen-bond donors (Lipinski definition) is 2. The number of pyridine rings is 1. The van der Waals surface area contributed by atoms with Gasteiger partial charge in [-0.05, 0) is 11.6 Å². The van der Waals surface area contributed by atoms with Crippen LogP contribution >= 0.6 is 0 Å². The van der Waals surface area contributed by atoms with Crippen molar-refractivity contribution in [1.82, 2.24) is 14.8 Å². The van der Waals surface area contributed by atoms with Gasteiger partial charge in [-0.1, -0.05) is 16.4 Å². The van der Waals surface area contributed by atoms with E-state index in [0.717, 1.165) is 11.1 Å². The van der Waals surface area contributed by atoms with Crippen LogP contribution in [0.15, 0.2) is 29.7 Å². The largest absolute Gasteiger partial charge is 0.409 e. The quantitative estimate of drug-likeness (QED) is 0.303. The molecule has 0 saturated carbocycles. The van der Waals surface area contributed by atoms with Gasteiger partial charge in [-0.3, -0.25) is 0 Å². The van der Waals surface area contributed by atoms with Crippen LogP contribution < -0.4 is 5.73 Å². The van der Waals surface area contributed by atoms with E-state index in [0.29, 0.717) is 6.42 Å². The maximum Gasteiger partial charge on any atom is 0.143 e. The fourth-order valence-electron chi connectivity index (χ4n) is 1.21. The number of nitrogens with two attached hydrogens (primary N) is 1. The number of amidine groups is 1. The Morgan fingerprint density at radius 3 is 3.21 bits per heavy atom. The highest BCUT2D eigenvalue weighted by Crippen LogP contribution is 2.04. The third-order valence-corrected chi connectivity index (χ3v) is 1.87. The van der Waals surface area contributed by atoms with Crippen LogP contribution in [0, 0.1) is 0 Å². The van der Waals surface area contributed by atoms with Crippen molar-refractivity contribution in [2.45, 2.75) is 6.42 Å². The molecule has 0 spiro atoms. The van der Waals surface area contributed by atoms with E-state index in [4.69, 9.17) is 10.9 Å². The van der Waals surface area contributed by atoms with Crippen LogP contribution in [0.4, 0.5) is 0 Å². The van der Waals surface area contributed by atoms with Crippen LogP contribution in [0.2, 0.25) is 0 Å². The molecule has 0 amide bonds. The molecular formula is C8H9N5O. The summed E-state index contributed by atoms with van der Waals surface area (Å²) in [5, 5.41) is 18.9. The number of aromatic nitrogens is 3. The van der Waals surface area contributed by atoms with Crippen molar-refractivity contribution in [3.8, 4) is 0 Å². The van der Waals surface area contributed by atoms with Crippen LogP contribution in [0.5, 0.6) is 0 Å². The molecule has 72 valence electrons. The molecule has 2 aromatic heterocycles. The van der Waals surface area contributed by atoms with Gasteiger partial charge >= 0.3 is 0 Å². The Bertz CT molecular complexity index is 475. The minimum atomic E-state index is 0.171. The maximum atomic E-state index is 8.40. The molecule has 6 heteroatoms. The monoisotopic (exact) mass is 191 g/mol. The molecule has 0 unspecified atom stereocenters. The molecule has 0 bridgehead atoms. The van der Waals surface area contributed by atoms with Crippen LogP contribution in [-0.2, 0) is 6.42 Å². The summed E-state index contributed by atoms with van der Waals surface area (Å²) in [7, 11) is 0. The summed E-state index contributed by atoms with van der Waals surface area (Å²) in [6.45, 7) is 0. The average molecular weight is 191 g/mol. The molecule has 0 fully saturated rings. The number of hydrogen-bond acceptors (Lipinski definition) is 4. The first-order valence-electron chi connectivity index (χ1n) is 4.05. The Labute approximate surface area is 79.6 Å². The van der Waals surface area contributed by atoms with E-state index < -0.39 is 0 Å². The summed E-state index contributed by atoms with van der Waals surface area (Å²) in [6.07, 6.45) is 3.85. The highest BCUT2D eigenvalue weighted by molar-refractivity contribution is 5.82. The second-order valence-electron chi connectivity index (χ2n) is 2.91. The Morgan fingerprint density at radius 2 is 2.43 bits per heavy atom. The number of fused-ring (bicyclic) bond motifs is 1. The van der Waals surface area contributed by atoms with E-state index in [2.05, 4.69) is 15.5 Å². The Balaban J connectivity index is 2.34. The maximum absolute atomic E-state index is 8.40. The van der Waals surface area contributed by atoms with Gasteiger partial charge in [-0.15, -0.1) is 5.10 Å². The normalized spacial score (nSPS) is 12.1. The molecule has 2 heterocycles. The summed E-state index contributed by atoms with van der Waals surface area (Å²) < 4.78 is 1.64. The van der Waals surface area contributed by atoms with Crippen molar-refractivity contribution >= 4 is 11.4 Å². The van der Waals surface area contributed by atoms with E-state index in [1.165, 1.54) is 0 Å². The van der Waals surface area contributed by atoms with Gasteiger partial charge in [0.2, 0.25) is 0 Å². The minimum Gasteiger partial charge on any atom is -0.409 e. The zero-order valence-electron chi connectivity index (χ0n) is 7.33. The molecule has 0 saturated heterocycles. The average Bonchev–Trinajstić information content (AvgIpc) is 2.64. The van der Waals surface area contributed by atoms with Gasteiger partial charge in [-0.25, -0.2) is 4.52 Å². The molecule has 3 N–H and O–H groups in total. The number of rotatable bonds is 2. The summed E-state index contributed by atoms with van der Waals surface area (Å²) in [5.41, 5.74) is 7.20. The van der Waals surface area contributed by atoms with E-state index in [1.807, 2.05) is 12.1 Å². The van der Waals surface area contributed by atoms with E-state index in [-0.39, 0.29) is 5.84 Å². The zero-order chi connectivity index (χ0) is 9.97. The lowest BCUT2D eigenvalue weighted by atomic mass is 10.2. The molecular weight excluding hydrogens is 182 g/mol. The first-order valence-corrected chi connectivity index (χ1v) is 4.05. The third kappa shape index (κ3) is 1.49. The van der Waals surface area contributed by atoms with Crippen molar-refractivity contribution in [3.63, 3.8) is 0 Å². The second kappa shape index (κ2) is 3.33. The minimum absolute atomic E-state index is 0.171. The molecule has 0 atom stereocenters. The molecule has 0 aliphatic heterocycles. The van der Waals surface area contributed by atoms with E-state index >= 15 is 0 Å². The molecule has 14 heavy (non-hydrogen) atoms. The van der Waals surface area contributed by atoms with Crippen molar-refractivity contribution in [3.05, 3.63) is 30.1 Å². The summed E-state index contributed by atoms with van der Waals surface area (Å²) in [5.74, 6) is 0.171. The predicted octanol–water partition coefficient (Wildman–Crippen LogP) is 0.0182.